The summed E-state index contributed by atoms with van der Waals surface area (Å²) in [6.45, 7) is 0. The zero-order valence-corrected chi connectivity index (χ0v) is 8.19. The zero-order chi connectivity index (χ0) is 8.43. The van der Waals surface area contributed by atoms with Gasteiger partial charge in [-0.2, -0.15) is 0 Å². The topological polar surface area (TPSA) is 17.1 Å². The third-order valence-corrected chi connectivity index (χ3v) is 2.19. The molecule has 1 nitrogen and oxygen atoms in total. The average molecular weight is 284 g/mol. The van der Waals surface area contributed by atoms with Crippen LogP contribution in [0.3, 0.4) is 0 Å². The van der Waals surface area contributed by atoms with Crippen LogP contribution in [0.2, 0.25) is 0 Å². The highest BCUT2D eigenvalue weighted by Crippen LogP contribution is 2.13. The van der Waals surface area contributed by atoms with Crippen LogP contribution in [0, 0.1) is 9.39 Å². The molecular weight excluding hydrogens is 281 g/mol. The molecule has 0 atom stereocenters. The Kier molecular flexibility index (Phi) is 2.84. The van der Waals surface area contributed by atoms with Gasteiger partial charge in [0.1, 0.15) is 5.82 Å². The Morgan fingerprint density at radius 1 is 1.55 bits per heavy atom. The van der Waals surface area contributed by atoms with Crippen LogP contribution in [-0.2, 0) is 0 Å². The minimum atomic E-state index is -0.567. The lowest BCUT2D eigenvalue weighted by Crippen LogP contribution is -1.90. The van der Waals surface area contributed by atoms with Gasteiger partial charge in [0.15, 0.2) is 0 Å². The molecule has 0 saturated heterocycles. The van der Waals surface area contributed by atoms with Crippen LogP contribution < -0.4 is 0 Å². The number of carbonyl (C=O) groups excluding carboxylic acids is 1. The molecule has 11 heavy (non-hydrogen) atoms. The third-order valence-electron chi connectivity index (χ3n) is 1.15. The van der Waals surface area contributed by atoms with Crippen molar-refractivity contribution in [3.05, 3.63) is 33.1 Å². The van der Waals surface area contributed by atoms with Gasteiger partial charge in [-0.15, -0.1) is 0 Å². The minimum Gasteiger partial charge on any atom is -0.276 e. The first-order valence-corrected chi connectivity index (χ1v) is 4.22. The SMILES string of the molecule is O=C(Cl)c1ccc(F)c(I)c1. The molecule has 0 spiro atoms. The van der Waals surface area contributed by atoms with Gasteiger partial charge in [0.2, 0.25) is 0 Å². The molecule has 1 aromatic carbocycles. The van der Waals surface area contributed by atoms with Crippen LogP contribution in [0.15, 0.2) is 18.2 Å². The van der Waals surface area contributed by atoms with Crippen LogP contribution in [0.25, 0.3) is 0 Å². The monoisotopic (exact) mass is 284 g/mol. The molecule has 0 aromatic heterocycles. The van der Waals surface area contributed by atoms with Crippen LogP contribution in [0.5, 0.6) is 0 Å². The van der Waals surface area contributed by atoms with E-state index in [-0.39, 0.29) is 5.82 Å². The van der Waals surface area contributed by atoms with Crippen LogP contribution in [0.1, 0.15) is 10.4 Å². The first kappa shape index (κ1) is 8.93. The van der Waals surface area contributed by atoms with Crippen molar-refractivity contribution in [3.8, 4) is 0 Å². The molecule has 0 N–H and O–H groups in total. The molecule has 0 amide bonds. The van der Waals surface area contributed by atoms with Crippen molar-refractivity contribution in [2.75, 3.05) is 0 Å². The van der Waals surface area contributed by atoms with E-state index in [9.17, 15) is 9.18 Å². The van der Waals surface area contributed by atoms with Crippen molar-refractivity contribution in [2.24, 2.45) is 0 Å². The van der Waals surface area contributed by atoms with Gasteiger partial charge < -0.3 is 0 Å². The normalized spacial score (nSPS) is 9.73. The van der Waals surface area contributed by atoms with Crippen molar-refractivity contribution in [3.63, 3.8) is 0 Å². The van der Waals surface area contributed by atoms with Crippen LogP contribution >= 0.6 is 34.2 Å². The van der Waals surface area contributed by atoms with Crippen molar-refractivity contribution < 1.29 is 9.18 Å². The third kappa shape index (κ3) is 2.13. The van der Waals surface area contributed by atoms with E-state index in [2.05, 4.69) is 0 Å². The summed E-state index contributed by atoms with van der Waals surface area (Å²) in [6, 6.07) is 3.98. The fraction of sp³-hybridized carbons (Fsp3) is 0. The number of hydrogen-bond donors (Lipinski definition) is 0. The lowest BCUT2D eigenvalue weighted by Gasteiger charge is -1.95. The van der Waals surface area contributed by atoms with Crippen molar-refractivity contribution in [1.82, 2.24) is 0 Å². The van der Waals surface area contributed by atoms with E-state index in [4.69, 9.17) is 11.6 Å². The first-order valence-electron chi connectivity index (χ1n) is 2.76. The molecule has 0 aliphatic carbocycles. The quantitative estimate of drug-likeness (QED) is 0.572. The summed E-state index contributed by atoms with van der Waals surface area (Å²) in [7, 11) is 0. The smallest absolute Gasteiger partial charge is 0.252 e. The Morgan fingerprint density at radius 3 is 2.64 bits per heavy atom. The van der Waals surface area contributed by atoms with Gasteiger partial charge in [-0.1, -0.05) is 0 Å². The van der Waals surface area contributed by atoms with Crippen molar-refractivity contribution in [1.29, 1.82) is 0 Å². The summed E-state index contributed by atoms with van der Waals surface area (Å²) < 4.78 is 13.0. The molecule has 1 aromatic rings. The number of carbonyl (C=O) groups is 1. The van der Waals surface area contributed by atoms with E-state index in [1.54, 1.807) is 22.6 Å². The molecular formula is C7H3ClFIO. The van der Waals surface area contributed by atoms with E-state index < -0.39 is 5.24 Å². The second kappa shape index (κ2) is 3.49. The van der Waals surface area contributed by atoms with Gasteiger partial charge in [-0.25, -0.2) is 4.39 Å². The highest BCUT2D eigenvalue weighted by atomic mass is 127. The molecule has 1 rings (SSSR count). The predicted molar refractivity (Wildman–Crippen MR) is 49.3 cm³/mol. The van der Waals surface area contributed by atoms with Crippen LogP contribution in [-0.4, -0.2) is 5.24 Å². The maximum atomic E-state index is 12.6. The lowest BCUT2D eigenvalue weighted by molar-refractivity contribution is 0.108. The standard InChI is InChI=1S/C7H3ClFIO/c8-7(11)4-1-2-5(9)6(10)3-4/h1-3H. The van der Waals surface area contributed by atoms with Gasteiger partial charge in [-0.05, 0) is 52.4 Å². The van der Waals surface area contributed by atoms with E-state index in [1.165, 1.54) is 18.2 Å². The second-order valence-corrected chi connectivity index (χ2v) is 3.41. The van der Waals surface area contributed by atoms with Gasteiger partial charge in [0, 0.05) is 9.13 Å². The van der Waals surface area contributed by atoms with E-state index in [0.29, 0.717) is 9.13 Å². The summed E-state index contributed by atoms with van der Waals surface area (Å²) in [6.07, 6.45) is 0. The highest BCUT2D eigenvalue weighted by Gasteiger charge is 2.04. The molecule has 0 heterocycles. The van der Waals surface area contributed by atoms with Crippen molar-refractivity contribution >= 4 is 39.4 Å². The van der Waals surface area contributed by atoms with E-state index in [0.717, 1.165) is 0 Å². The maximum Gasteiger partial charge on any atom is 0.252 e. The molecule has 0 aliphatic rings. The summed E-state index contributed by atoms with van der Waals surface area (Å²) >= 11 is 6.96. The minimum absolute atomic E-state index is 0.317. The summed E-state index contributed by atoms with van der Waals surface area (Å²) in [5.74, 6) is -0.340. The van der Waals surface area contributed by atoms with Gasteiger partial charge in [0.05, 0.1) is 0 Å². The Labute approximate surface area is 81.7 Å². The molecule has 0 fully saturated rings. The number of benzene rings is 1. The largest absolute Gasteiger partial charge is 0.276 e. The van der Waals surface area contributed by atoms with Crippen molar-refractivity contribution in [2.45, 2.75) is 0 Å². The van der Waals surface area contributed by atoms with Gasteiger partial charge in [-0.3, -0.25) is 4.79 Å². The molecule has 0 radical (unpaired) electrons. The fourth-order valence-corrected chi connectivity index (χ4v) is 1.25. The first-order chi connectivity index (χ1) is 5.11. The molecule has 0 bridgehead atoms. The summed E-state index contributed by atoms with van der Waals surface area (Å²) in [4.78, 5) is 10.5. The Bertz CT molecular complexity index is 300. The summed E-state index contributed by atoms with van der Waals surface area (Å²) in [5.41, 5.74) is 0.317. The van der Waals surface area contributed by atoms with Gasteiger partial charge in [0.25, 0.3) is 5.24 Å². The molecule has 0 aliphatic heterocycles. The summed E-state index contributed by atoms with van der Waals surface area (Å²) in [5, 5.41) is -0.567. The van der Waals surface area contributed by atoms with E-state index >= 15 is 0 Å². The predicted octanol–water partition coefficient (Wildman–Crippen LogP) is 2.81. The lowest BCUT2D eigenvalue weighted by atomic mass is 10.2. The van der Waals surface area contributed by atoms with Gasteiger partial charge >= 0.3 is 0 Å². The number of hydrogen-bond acceptors (Lipinski definition) is 1. The maximum absolute atomic E-state index is 12.6. The Balaban J connectivity index is 3.15. The van der Waals surface area contributed by atoms with E-state index in [1.807, 2.05) is 0 Å². The second-order valence-electron chi connectivity index (χ2n) is 1.90. The fourth-order valence-electron chi connectivity index (χ4n) is 0.618. The zero-order valence-electron chi connectivity index (χ0n) is 5.27. The van der Waals surface area contributed by atoms with Crippen LogP contribution in [0.4, 0.5) is 4.39 Å². The highest BCUT2D eigenvalue weighted by molar-refractivity contribution is 14.1. The average Bonchev–Trinajstić information content (AvgIpc) is 1.94. The molecule has 0 saturated carbocycles. The molecule has 58 valence electrons. The number of rotatable bonds is 1. The Hall–Kier alpha value is -0.160. The molecule has 0 unspecified atom stereocenters. The Morgan fingerprint density at radius 2 is 2.18 bits per heavy atom. The number of halogens is 3. The molecule has 4 heteroatoms.